The molecular weight excluding hydrogens is 252 g/mol. The lowest BCUT2D eigenvalue weighted by Gasteiger charge is -2.37. The first-order valence-corrected chi connectivity index (χ1v) is 7.89. The van der Waals surface area contributed by atoms with Crippen molar-refractivity contribution in [2.75, 3.05) is 23.7 Å². The fraction of sp³-hybridized carbons (Fsp3) is 0.818. The van der Waals surface area contributed by atoms with Crippen LogP contribution >= 0.6 is 23.5 Å². The first-order valence-electron chi connectivity index (χ1n) is 6.17. The molecule has 1 fully saturated rings. The number of thioether (sulfide) groups is 1. The second-order valence-electron chi connectivity index (χ2n) is 4.55. The predicted octanol–water partition coefficient (Wildman–Crippen LogP) is 2.23. The minimum absolute atomic E-state index is 0.496. The molecule has 2 rings (SSSR count). The first kappa shape index (κ1) is 13.1. The number of hydrogen-bond donors (Lipinski definition) is 1. The van der Waals surface area contributed by atoms with Gasteiger partial charge in [0.2, 0.25) is 0 Å². The van der Waals surface area contributed by atoms with Crippen LogP contribution in [0.3, 0.4) is 0 Å². The summed E-state index contributed by atoms with van der Waals surface area (Å²) in [5, 5.41) is 4.60. The predicted molar refractivity (Wildman–Crippen MR) is 75.2 cm³/mol. The van der Waals surface area contributed by atoms with Crippen molar-refractivity contribution in [2.24, 2.45) is 0 Å². The van der Waals surface area contributed by atoms with Gasteiger partial charge < -0.3 is 10.2 Å². The molecule has 1 aliphatic rings. The molecular formula is C11H20N4S2. The SMILES string of the molecule is CCCSc1nsnc1N1C[C@@H](C)NC[C@@H]1C. The number of nitrogens with one attached hydrogen (secondary N) is 1. The molecule has 0 amide bonds. The molecule has 0 unspecified atom stereocenters. The molecule has 1 aliphatic heterocycles. The fourth-order valence-electron chi connectivity index (χ4n) is 1.96. The van der Waals surface area contributed by atoms with Crippen LogP contribution in [0.15, 0.2) is 5.03 Å². The zero-order chi connectivity index (χ0) is 12.3. The molecule has 0 saturated carbocycles. The lowest BCUT2D eigenvalue weighted by molar-refractivity contribution is 0.421. The van der Waals surface area contributed by atoms with Crippen LogP contribution in [0.1, 0.15) is 27.2 Å². The van der Waals surface area contributed by atoms with Gasteiger partial charge in [0.1, 0.15) is 0 Å². The molecule has 0 bridgehead atoms. The highest BCUT2D eigenvalue weighted by Gasteiger charge is 2.26. The van der Waals surface area contributed by atoms with E-state index in [-0.39, 0.29) is 0 Å². The number of aromatic nitrogens is 2. The van der Waals surface area contributed by atoms with E-state index >= 15 is 0 Å². The molecule has 0 aromatic carbocycles. The molecule has 96 valence electrons. The molecule has 1 aromatic rings. The molecule has 17 heavy (non-hydrogen) atoms. The third-order valence-electron chi connectivity index (χ3n) is 2.92. The normalized spacial score (nSPS) is 25.2. The summed E-state index contributed by atoms with van der Waals surface area (Å²) in [7, 11) is 0. The van der Waals surface area contributed by atoms with Crippen LogP contribution < -0.4 is 10.2 Å². The van der Waals surface area contributed by atoms with Crippen LogP contribution in [0.25, 0.3) is 0 Å². The van der Waals surface area contributed by atoms with E-state index < -0.39 is 0 Å². The highest BCUT2D eigenvalue weighted by molar-refractivity contribution is 7.99. The van der Waals surface area contributed by atoms with Gasteiger partial charge in [0, 0.05) is 25.2 Å². The molecule has 1 saturated heterocycles. The second-order valence-corrected chi connectivity index (χ2v) is 6.16. The average molecular weight is 272 g/mol. The van der Waals surface area contributed by atoms with Crippen LogP contribution in [-0.2, 0) is 0 Å². The van der Waals surface area contributed by atoms with Crippen LogP contribution in [0.2, 0.25) is 0 Å². The Balaban J connectivity index is 2.11. The van der Waals surface area contributed by atoms with Gasteiger partial charge in [-0.15, -0.1) is 11.8 Å². The van der Waals surface area contributed by atoms with Crippen LogP contribution in [0.5, 0.6) is 0 Å². The van der Waals surface area contributed by atoms with Gasteiger partial charge in [-0.2, -0.15) is 8.75 Å². The maximum atomic E-state index is 4.49. The highest BCUT2D eigenvalue weighted by atomic mass is 32.2. The number of hydrogen-bond acceptors (Lipinski definition) is 6. The van der Waals surface area contributed by atoms with Gasteiger partial charge in [0.25, 0.3) is 0 Å². The van der Waals surface area contributed by atoms with Crippen molar-refractivity contribution in [2.45, 2.75) is 44.3 Å². The van der Waals surface area contributed by atoms with Crippen molar-refractivity contribution < 1.29 is 0 Å². The number of nitrogens with zero attached hydrogens (tertiary/aromatic N) is 3. The third kappa shape index (κ3) is 3.11. The summed E-state index contributed by atoms with van der Waals surface area (Å²) in [4.78, 5) is 2.39. The fourth-order valence-corrected chi connectivity index (χ4v) is 3.48. The summed E-state index contributed by atoms with van der Waals surface area (Å²) < 4.78 is 8.91. The summed E-state index contributed by atoms with van der Waals surface area (Å²) in [6.45, 7) is 8.70. The lowest BCUT2D eigenvalue weighted by atomic mass is 10.1. The van der Waals surface area contributed by atoms with E-state index in [1.807, 2.05) is 11.8 Å². The molecule has 1 aromatic heterocycles. The number of rotatable bonds is 4. The summed E-state index contributed by atoms with van der Waals surface area (Å²) >= 11 is 3.16. The molecule has 6 heteroatoms. The molecule has 0 radical (unpaired) electrons. The van der Waals surface area contributed by atoms with Gasteiger partial charge in [-0.05, 0) is 26.0 Å². The van der Waals surface area contributed by atoms with E-state index in [1.54, 1.807) is 0 Å². The second kappa shape index (κ2) is 6.02. The Kier molecular flexibility index (Phi) is 4.64. The van der Waals surface area contributed by atoms with Gasteiger partial charge in [-0.3, -0.25) is 0 Å². The van der Waals surface area contributed by atoms with E-state index in [4.69, 9.17) is 0 Å². The van der Waals surface area contributed by atoms with E-state index in [9.17, 15) is 0 Å². The van der Waals surface area contributed by atoms with Gasteiger partial charge in [-0.25, -0.2) is 0 Å². The largest absolute Gasteiger partial charge is 0.348 e. The monoisotopic (exact) mass is 272 g/mol. The Morgan fingerprint density at radius 1 is 1.47 bits per heavy atom. The van der Waals surface area contributed by atoms with E-state index in [0.717, 1.165) is 29.7 Å². The quantitative estimate of drug-likeness (QED) is 0.851. The van der Waals surface area contributed by atoms with Crippen molar-refractivity contribution in [1.29, 1.82) is 0 Å². The third-order valence-corrected chi connectivity index (χ3v) is 4.72. The van der Waals surface area contributed by atoms with Gasteiger partial charge >= 0.3 is 0 Å². The molecule has 2 atom stereocenters. The average Bonchev–Trinajstić information content (AvgIpc) is 2.77. The van der Waals surface area contributed by atoms with E-state index in [1.165, 1.54) is 18.1 Å². The summed E-state index contributed by atoms with van der Waals surface area (Å²) in [5.41, 5.74) is 0. The maximum absolute atomic E-state index is 4.49. The molecule has 0 aliphatic carbocycles. The summed E-state index contributed by atoms with van der Waals surface area (Å²) in [6.07, 6.45) is 1.18. The zero-order valence-electron chi connectivity index (χ0n) is 10.6. The number of anilines is 1. The lowest BCUT2D eigenvalue weighted by Crippen LogP contribution is -2.54. The van der Waals surface area contributed by atoms with Crippen LogP contribution in [0.4, 0.5) is 5.82 Å². The molecule has 1 N–H and O–H groups in total. The minimum atomic E-state index is 0.496. The van der Waals surface area contributed by atoms with Crippen molar-refractivity contribution in [1.82, 2.24) is 14.1 Å². The Labute approximate surface area is 112 Å². The van der Waals surface area contributed by atoms with Crippen molar-refractivity contribution in [3.63, 3.8) is 0 Å². The molecule has 4 nitrogen and oxygen atoms in total. The minimum Gasteiger partial charge on any atom is -0.348 e. The van der Waals surface area contributed by atoms with Crippen LogP contribution in [-0.4, -0.2) is 39.7 Å². The van der Waals surface area contributed by atoms with E-state index in [0.29, 0.717) is 12.1 Å². The van der Waals surface area contributed by atoms with Crippen molar-refractivity contribution >= 4 is 29.3 Å². The number of piperazine rings is 1. The van der Waals surface area contributed by atoms with Gasteiger partial charge in [0.15, 0.2) is 10.8 Å². The van der Waals surface area contributed by atoms with Crippen molar-refractivity contribution in [3.8, 4) is 0 Å². The molecule has 2 heterocycles. The Morgan fingerprint density at radius 2 is 2.29 bits per heavy atom. The van der Waals surface area contributed by atoms with Gasteiger partial charge in [0.05, 0.1) is 11.7 Å². The first-order chi connectivity index (χ1) is 8.22. The summed E-state index contributed by atoms with van der Waals surface area (Å²) in [5.74, 6) is 2.21. The van der Waals surface area contributed by atoms with Crippen molar-refractivity contribution in [3.05, 3.63) is 0 Å². The van der Waals surface area contributed by atoms with Gasteiger partial charge in [-0.1, -0.05) is 6.92 Å². The Hall–Kier alpha value is -0.330. The smallest absolute Gasteiger partial charge is 0.177 e. The Bertz CT molecular complexity index is 355. The molecule has 0 spiro atoms. The highest BCUT2D eigenvalue weighted by Crippen LogP contribution is 2.30. The Morgan fingerprint density at radius 3 is 3.06 bits per heavy atom. The topological polar surface area (TPSA) is 41.1 Å². The standard InChI is InChI=1S/C11H20N4S2/c1-4-5-16-11-10(13-17-14-11)15-7-8(2)12-6-9(15)3/h8-9,12H,4-7H2,1-3H3/t8-,9+/m1/s1. The zero-order valence-corrected chi connectivity index (χ0v) is 12.3. The van der Waals surface area contributed by atoms with Crippen LogP contribution in [0, 0.1) is 0 Å². The maximum Gasteiger partial charge on any atom is 0.177 e. The summed E-state index contributed by atoms with van der Waals surface area (Å²) in [6, 6.07) is 1.02. The van der Waals surface area contributed by atoms with E-state index in [2.05, 4.69) is 39.7 Å².